The number of hydrogen-bond donors (Lipinski definition) is 2. The van der Waals surface area contributed by atoms with Gasteiger partial charge in [0.2, 0.25) is 11.8 Å². The molecule has 1 fully saturated rings. The summed E-state index contributed by atoms with van der Waals surface area (Å²) in [4.78, 5) is 25.3. The molecule has 1 aliphatic rings. The van der Waals surface area contributed by atoms with Crippen LogP contribution >= 0.6 is 0 Å². The van der Waals surface area contributed by atoms with Crippen molar-refractivity contribution in [3.8, 4) is 0 Å². The molecule has 0 heterocycles. The summed E-state index contributed by atoms with van der Waals surface area (Å²) < 4.78 is 0. The van der Waals surface area contributed by atoms with Crippen LogP contribution in [0.5, 0.6) is 0 Å². The molecule has 0 aromatic heterocycles. The zero-order chi connectivity index (χ0) is 19.1. The number of carbonyl (C=O) groups is 2. The Hall–Kier alpha value is -1.84. The van der Waals surface area contributed by atoms with E-state index in [-0.39, 0.29) is 23.7 Å². The largest absolute Gasteiger partial charge is 0.350 e. The van der Waals surface area contributed by atoms with E-state index in [1.165, 1.54) is 0 Å². The summed E-state index contributed by atoms with van der Waals surface area (Å²) in [5.74, 6) is 1.46. The third-order valence-corrected chi connectivity index (χ3v) is 5.64. The lowest BCUT2D eigenvalue weighted by Gasteiger charge is -2.31. The van der Waals surface area contributed by atoms with Gasteiger partial charge in [0.15, 0.2) is 0 Å². The van der Waals surface area contributed by atoms with Crippen molar-refractivity contribution < 1.29 is 9.59 Å². The highest BCUT2D eigenvalue weighted by Gasteiger charge is 2.31. The zero-order valence-corrected chi connectivity index (χ0v) is 16.6. The first-order valence-electron chi connectivity index (χ1n) is 10.0. The van der Waals surface area contributed by atoms with E-state index in [0.717, 1.165) is 37.2 Å². The monoisotopic (exact) mass is 358 g/mol. The standard InChI is InChI=1S/C22H34N2O2/c1-15(2)18-10-12-19(13-11-18)21(25)24-20(16(3)4)22(26)23-14-17-8-6-5-7-9-17/h5-9,15-16,18-20H,10-14H2,1-4H3,(H,23,26)(H,24,25)/t18?,19?,20-/m0/s1. The third-order valence-electron chi connectivity index (χ3n) is 5.64. The maximum absolute atomic E-state index is 12.7. The normalized spacial score (nSPS) is 21.5. The number of nitrogens with one attached hydrogen (secondary N) is 2. The second-order valence-electron chi connectivity index (χ2n) is 8.29. The molecule has 1 aliphatic carbocycles. The first kappa shape index (κ1) is 20.5. The molecule has 4 nitrogen and oxygen atoms in total. The smallest absolute Gasteiger partial charge is 0.243 e. The predicted molar refractivity (Wildman–Crippen MR) is 105 cm³/mol. The second-order valence-corrected chi connectivity index (χ2v) is 8.29. The molecule has 2 rings (SSSR count). The van der Waals surface area contributed by atoms with Gasteiger partial charge in [-0.05, 0) is 49.0 Å². The average Bonchev–Trinajstić information content (AvgIpc) is 2.64. The van der Waals surface area contributed by atoms with E-state index in [4.69, 9.17) is 0 Å². The number of carbonyl (C=O) groups excluding carboxylic acids is 2. The molecule has 1 saturated carbocycles. The summed E-state index contributed by atoms with van der Waals surface area (Å²) in [6.07, 6.45) is 4.10. The lowest BCUT2D eigenvalue weighted by molar-refractivity contribution is -0.133. The Kier molecular flexibility index (Phi) is 7.67. The van der Waals surface area contributed by atoms with E-state index < -0.39 is 6.04 Å². The van der Waals surface area contributed by atoms with Crippen LogP contribution in [0.1, 0.15) is 58.9 Å². The Morgan fingerprint density at radius 2 is 1.62 bits per heavy atom. The third kappa shape index (κ3) is 5.86. The minimum atomic E-state index is -0.478. The van der Waals surface area contributed by atoms with E-state index in [1.54, 1.807) is 0 Å². The van der Waals surface area contributed by atoms with Gasteiger partial charge in [0.1, 0.15) is 6.04 Å². The second kappa shape index (κ2) is 9.75. The van der Waals surface area contributed by atoms with Gasteiger partial charge in [-0.1, -0.05) is 58.0 Å². The van der Waals surface area contributed by atoms with E-state index in [9.17, 15) is 9.59 Å². The van der Waals surface area contributed by atoms with Gasteiger partial charge in [0.25, 0.3) is 0 Å². The minimum Gasteiger partial charge on any atom is -0.350 e. The maximum atomic E-state index is 12.7. The highest BCUT2D eigenvalue weighted by molar-refractivity contribution is 5.88. The van der Waals surface area contributed by atoms with Crippen LogP contribution < -0.4 is 10.6 Å². The van der Waals surface area contributed by atoms with Crippen LogP contribution in [0.4, 0.5) is 0 Å². The highest BCUT2D eigenvalue weighted by atomic mass is 16.2. The van der Waals surface area contributed by atoms with E-state index in [2.05, 4.69) is 24.5 Å². The molecule has 1 aromatic rings. The Balaban J connectivity index is 1.86. The van der Waals surface area contributed by atoms with Gasteiger partial charge in [0, 0.05) is 12.5 Å². The minimum absolute atomic E-state index is 0.0424. The van der Waals surface area contributed by atoms with Crippen LogP contribution in [0.3, 0.4) is 0 Å². The van der Waals surface area contributed by atoms with Crippen molar-refractivity contribution in [1.29, 1.82) is 0 Å². The van der Waals surface area contributed by atoms with Gasteiger partial charge >= 0.3 is 0 Å². The molecule has 2 amide bonds. The SMILES string of the molecule is CC(C)C1CCC(C(=O)N[C@H](C(=O)NCc2ccccc2)C(C)C)CC1. The van der Waals surface area contributed by atoms with E-state index in [1.807, 2.05) is 44.2 Å². The van der Waals surface area contributed by atoms with Crippen molar-refractivity contribution in [3.05, 3.63) is 35.9 Å². The Bertz CT molecular complexity index is 575. The van der Waals surface area contributed by atoms with Gasteiger partial charge in [0.05, 0.1) is 0 Å². The molecule has 0 aliphatic heterocycles. The highest BCUT2D eigenvalue weighted by Crippen LogP contribution is 2.33. The molecular weight excluding hydrogens is 324 g/mol. The van der Waals surface area contributed by atoms with Crippen molar-refractivity contribution in [2.45, 2.75) is 66.0 Å². The fourth-order valence-electron chi connectivity index (χ4n) is 3.75. The van der Waals surface area contributed by atoms with Crippen LogP contribution in [-0.2, 0) is 16.1 Å². The molecule has 144 valence electrons. The number of rotatable bonds is 7. The molecule has 0 saturated heterocycles. The molecule has 1 atom stereocenters. The van der Waals surface area contributed by atoms with Crippen LogP contribution in [0, 0.1) is 23.7 Å². The van der Waals surface area contributed by atoms with Gasteiger partial charge in [-0.15, -0.1) is 0 Å². The molecule has 1 aromatic carbocycles. The zero-order valence-electron chi connectivity index (χ0n) is 16.6. The maximum Gasteiger partial charge on any atom is 0.243 e. The summed E-state index contributed by atoms with van der Waals surface area (Å²) >= 11 is 0. The van der Waals surface area contributed by atoms with Gasteiger partial charge in [-0.25, -0.2) is 0 Å². The fraction of sp³-hybridized carbons (Fsp3) is 0.636. The van der Waals surface area contributed by atoms with Gasteiger partial charge in [-0.2, -0.15) is 0 Å². The van der Waals surface area contributed by atoms with Crippen molar-refractivity contribution >= 4 is 11.8 Å². The van der Waals surface area contributed by atoms with Crippen LogP contribution in [0.25, 0.3) is 0 Å². The number of amides is 2. The molecule has 0 radical (unpaired) electrons. The van der Waals surface area contributed by atoms with Crippen molar-refractivity contribution in [2.24, 2.45) is 23.7 Å². The van der Waals surface area contributed by atoms with Crippen LogP contribution in [0.15, 0.2) is 30.3 Å². The van der Waals surface area contributed by atoms with Crippen molar-refractivity contribution in [1.82, 2.24) is 10.6 Å². The first-order chi connectivity index (χ1) is 12.4. The van der Waals surface area contributed by atoms with Crippen LogP contribution in [-0.4, -0.2) is 17.9 Å². The Labute approximate surface area is 158 Å². The fourth-order valence-corrected chi connectivity index (χ4v) is 3.75. The first-order valence-corrected chi connectivity index (χ1v) is 10.0. The predicted octanol–water partition coefficient (Wildman–Crippen LogP) is 3.91. The van der Waals surface area contributed by atoms with Gasteiger partial charge in [-0.3, -0.25) is 9.59 Å². The molecule has 2 N–H and O–H groups in total. The summed E-state index contributed by atoms with van der Waals surface area (Å²) in [6.45, 7) is 8.96. The molecular formula is C22H34N2O2. The van der Waals surface area contributed by atoms with E-state index in [0.29, 0.717) is 12.5 Å². The van der Waals surface area contributed by atoms with Crippen molar-refractivity contribution in [2.75, 3.05) is 0 Å². The lowest BCUT2D eigenvalue weighted by Crippen LogP contribution is -2.51. The number of hydrogen-bond acceptors (Lipinski definition) is 2. The average molecular weight is 359 g/mol. The van der Waals surface area contributed by atoms with Crippen molar-refractivity contribution in [3.63, 3.8) is 0 Å². The molecule has 0 spiro atoms. The topological polar surface area (TPSA) is 58.2 Å². The summed E-state index contributed by atoms with van der Waals surface area (Å²) in [6, 6.07) is 9.35. The van der Waals surface area contributed by atoms with Crippen LogP contribution in [0.2, 0.25) is 0 Å². The summed E-state index contributed by atoms with van der Waals surface area (Å²) in [5.41, 5.74) is 1.06. The molecule has 0 bridgehead atoms. The lowest BCUT2D eigenvalue weighted by atomic mass is 9.76. The number of benzene rings is 1. The van der Waals surface area contributed by atoms with E-state index >= 15 is 0 Å². The summed E-state index contributed by atoms with van der Waals surface area (Å²) in [7, 11) is 0. The summed E-state index contributed by atoms with van der Waals surface area (Å²) in [5, 5.41) is 5.97. The Morgan fingerprint density at radius 3 is 2.15 bits per heavy atom. The molecule has 26 heavy (non-hydrogen) atoms. The molecule has 4 heteroatoms. The van der Waals surface area contributed by atoms with Gasteiger partial charge < -0.3 is 10.6 Å². The Morgan fingerprint density at radius 1 is 1.00 bits per heavy atom. The molecule has 0 unspecified atom stereocenters. The quantitative estimate of drug-likeness (QED) is 0.776.